The Bertz CT molecular complexity index is 78.8. The van der Waals surface area contributed by atoms with Gasteiger partial charge in [-0.1, -0.05) is 19.9 Å². The summed E-state index contributed by atoms with van der Waals surface area (Å²) in [6.07, 6.45) is 4.39. The molecule has 0 fully saturated rings. The van der Waals surface area contributed by atoms with Gasteiger partial charge in [-0.05, 0) is 31.8 Å². The SMILES string of the molecule is C=CCCC(C)CNCC. The van der Waals surface area contributed by atoms with Gasteiger partial charge in [-0.25, -0.2) is 0 Å². The van der Waals surface area contributed by atoms with Crippen LogP contribution in [0, 0.1) is 5.92 Å². The first-order valence-electron chi connectivity index (χ1n) is 4.12. The number of hydrogen-bond acceptors (Lipinski definition) is 1. The molecule has 0 radical (unpaired) electrons. The third-order valence-electron chi connectivity index (χ3n) is 1.61. The molecule has 1 N–H and O–H groups in total. The van der Waals surface area contributed by atoms with Crippen LogP contribution in [0.25, 0.3) is 0 Å². The Labute approximate surface area is 64.5 Å². The van der Waals surface area contributed by atoms with Crippen LogP contribution in [0.15, 0.2) is 12.7 Å². The fourth-order valence-electron chi connectivity index (χ4n) is 0.895. The predicted molar refractivity (Wildman–Crippen MR) is 47.1 cm³/mol. The van der Waals surface area contributed by atoms with E-state index >= 15 is 0 Å². The van der Waals surface area contributed by atoms with E-state index in [2.05, 4.69) is 25.7 Å². The topological polar surface area (TPSA) is 12.0 Å². The normalized spacial score (nSPS) is 13.0. The molecule has 1 nitrogen and oxygen atoms in total. The molecule has 0 rings (SSSR count). The Morgan fingerprint density at radius 1 is 1.60 bits per heavy atom. The van der Waals surface area contributed by atoms with Gasteiger partial charge in [0.1, 0.15) is 0 Å². The number of nitrogens with one attached hydrogen (secondary N) is 1. The van der Waals surface area contributed by atoms with E-state index < -0.39 is 0 Å². The summed E-state index contributed by atoms with van der Waals surface area (Å²) in [5.74, 6) is 0.790. The highest BCUT2D eigenvalue weighted by atomic mass is 14.8. The van der Waals surface area contributed by atoms with Crippen molar-refractivity contribution in [1.29, 1.82) is 0 Å². The highest BCUT2D eigenvalue weighted by Gasteiger charge is 1.97. The average Bonchev–Trinajstić information content (AvgIpc) is 1.97. The second-order valence-electron chi connectivity index (χ2n) is 2.78. The summed E-state index contributed by atoms with van der Waals surface area (Å²) in [5, 5.41) is 3.32. The van der Waals surface area contributed by atoms with Crippen LogP contribution in [-0.4, -0.2) is 13.1 Å². The highest BCUT2D eigenvalue weighted by molar-refractivity contribution is 4.68. The molecule has 0 aromatic heterocycles. The lowest BCUT2D eigenvalue weighted by Gasteiger charge is -2.09. The summed E-state index contributed by atoms with van der Waals surface area (Å²) >= 11 is 0. The van der Waals surface area contributed by atoms with Crippen molar-refractivity contribution in [2.24, 2.45) is 5.92 Å². The van der Waals surface area contributed by atoms with Gasteiger partial charge in [0, 0.05) is 0 Å². The molecule has 1 heteroatoms. The molecule has 0 aliphatic carbocycles. The highest BCUT2D eigenvalue weighted by Crippen LogP contribution is 2.03. The summed E-state index contributed by atoms with van der Waals surface area (Å²) in [6.45, 7) is 10.3. The maximum atomic E-state index is 3.69. The summed E-state index contributed by atoms with van der Waals surface area (Å²) in [4.78, 5) is 0. The maximum Gasteiger partial charge on any atom is -0.00232 e. The van der Waals surface area contributed by atoms with E-state index in [4.69, 9.17) is 0 Å². The van der Waals surface area contributed by atoms with E-state index in [9.17, 15) is 0 Å². The lowest BCUT2D eigenvalue weighted by Crippen LogP contribution is -2.20. The molecule has 0 aliphatic rings. The fourth-order valence-corrected chi connectivity index (χ4v) is 0.895. The number of allylic oxidation sites excluding steroid dienone is 1. The quantitative estimate of drug-likeness (QED) is 0.559. The first kappa shape index (κ1) is 9.70. The summed E-state index contributed by atoms with van der Waals surface area (Å²) in [7, 11) is 0. The minimum atomic E-state index is 0.790. The van der Waals surface area contributed by atoms with Gasteiger partial charge in [0.2, 0.25) is 0 Å². The third kappa shape index (κ3) is 5.83. The molecule has 1 atom stereocenters. The van der Waals surface area contributed by atoms with Gasteiger partial charge < -0.3 is 5.32 Å². The van der Waals surface area contributed by atoms with Gasteiger partial charge in [-0.3, -0.25) is 0 Å². The van der Waals surface area contributed by atoms with E-state index in [1.165, 1.54) is 6.42 Å². The van der Waals surface area contributed by atoms with Crippen LogP contribution in [0.1, 0.15) is 26.7 Å². The molecule has 0 aliphatic heterocycles. The van der Waals surface area contributed by atoms with Gasteiger partial charge in [0.15, 0.2) is 0 Å². The first-order valence-corrected chi connectivity index (χ1v) is 4.12. The smallest absolute Gasteiger partial charge is 0.00232 e. The van der Waals surface area contributed by atoms with Crippen LogP contribution >= 0.6 is 0 Å². The van der Waals surface area contributed by atoms with Crippen LogP contribution < -0.4 is 5.32 Å². The summed E-state index contributed by atoms with van der Waals surface area (Å²) < 4.78 is 0. The van der Waals surface area contributed by atoms with Crippen LogP contribution in [0.2, 0.25) is 0 Å². The van der Waals surface area contributed by atoms with Crippen LogP contribution in [0.3, 0.4) is 0 Å². The second kappa shape index (κ2) is 6.81. The van der Waals surface area contributed by atoms with E-state index in [-0.39, 0.29) is 0 Å². The van der Waals surface area contributed by atoms with Crippen molar-refractivity contribution in [1.82, 2.24) is 5.32 Å². The zero-order valence-electron chi connectivity index (χ0n) is 7.19. The van der Waals surface area contributed by atoms with Crippen molar-refractivity contribution in [3.05, 3.63) is 12.7 Å². The van der Waals surface area contributed by atoms with Crippen molar-refractivity contribution < 1.29 is 0 Å². The molecule has 0 amide bonds. The third-order valence-corrected chi connectivity index (χ3v) is 1.61. The largest absolute Gasteiger partial charge is 0.317 e. The molecule has 0 aromatic rings. The van der Waals surface area contributed by atoms with Crippen molar-refractivity contribution in [3.8, 4) is 0 Å². The molecule has 10 heavy (non-hydrogen) atoms. The van der Waals surface area contributed by atoms with Crippen molar-refractivity contribution in [2.75, 3.05) is 13.1 Å². The minimum absolute atomic E-state index is 0.790. The summed E-state index contributed by atoms with van der Waals surface area (Å²) in [6, 6.07) is 0. The summed E-state index contributed by atoms with van der Waals surface area (Å²) in [5.41, 5.74) is 0. The maximum absolute atomic E-state index is 3.69. The van der Waals surface area contributed by atoms with Crippen LogP contribution in [0.4, 0.5) is 0 Å². The van der Waals surface area contributed by atoms with E-state index in [1.54, 1.807) is 0 Å². The molecular formula is C9H19N. The molecule has 0 bridgehead atoms. The van der Waals surface area contributed by atoms with Crippen LogP contribution in [-0.2, 0) is 0 Å². The molecule has 1 unspecified atom stereocenters. The van der Waals surface area contributed by atoms with Gasteiger partial charge in [0.25, 0.3) is 0 Å². The Balaban J connectivity index is 3.07. The van der Waals surface area contributed by atoms with Crippen molar-refractivity contribution >= 4 is 0 Å². The predicted octanol–water partition coefficient (Wildman–Crippen LogP) is 2.20. The minimum Gasteiger partial charge on any atom is -0.317 e. The Kier molecular flexibility index (Phi) is 6.61. The molecule has 0 aromatic carbocycles. The molecule has 0 saturated heterocycles. The van der Waals surface area contributed by atoms with E-state index in [0.29, 0.717) is 0 Å². The first-order chi connectivity index (χ1) is 4.81. The molecular weight excluding hydrogens is 122 g/mol. The zero-order chi connectivity index (χ0) is 7.82. The van der Waals surface area contributed by atoms with Gasteiger partial charge in [-0.15, -0.1) is 6.58 Å². The molecule has 0 saturated carbocycles. The van der Waals surface area contributed by atoms with Crippen molar-refractivity contribution in [2.45, 2.75) is 26.7 Å². The fraction of sp³-hybridized carbons (Fsp3) is 0.778. The van der Waals surface area contributed by atoms with Gasteiger partial charge >= 0.3 is 0 Å². The van der Waals surface area contributed by atoms with E-state index in [0.717, 1.165) is 25.4 Å². The van der Waals surface area contributed by atoms with Gasteiger partial charge in [0.05, 0.1) is 0 Å². The average molecular weight is 141 g/mol. The van der Waals surface area contributed by atoms with Crippen molar-refractivity contribution in [3.63, 3.8) is 0 Å². The molecule has 0 spiro atoms. The van der Waals surface area contributed by atoms with E-state index in [1.807, 2.05) is 6.08 Å². The second-order valence-corrected chi connectivity index (χ2v) is 2.78. The Morgan fingerprint density at radius 3 is 2.80 bits per heavy atom. The van der Waals surface area contributed by atoms with Gasteiger partial charge in [-0.2, -0.15) is 0 Å². The zero-order valence-corrected chi connectivity index (χ0v) is 7.19. The van der Waals surface area contributed by atoms with Crippen LogP contribution in [0.5, 0.6) is 0 Å². The monoisotopic (exact) mass is 141 g/mol. The standard InChI is InChI=1S/C9H19N/c1-4-6-7-9(3)8-10-5-2/h4,9-10H,1,5-8H2,2-3H3. The Hall–Kier alpha value is -0.300. The Morgan fingerprint density at radius 2 is 2.30 bits per heavy atom. The lowest BCUT2D eigenvalue weighted by atomic mass is 10.1. The number of hydrogen-bond donors (Lipinski definition) is 1. The molecule has 0 heterocycles. The molecule has 60 valence electrons. The number of rotatable bonds is 6. The lowest BCUT2D eigenvalue weighted by molar-refractivity contribution is 0.493.